The molecule has 2 nitrogen and oxygen atoms in total. The summed E-state index contributed by atoms with van der Waals surface area (Å²) >= 11 is 0. The third-order valence-electron chi connectivity index (χ3n) is 2.86. The second-order valence-corrected chi connectivity index (χ2v) is 4.17. The zero-order valence-electron chi connectivity index (χ0n) is 10.1. The van der Waals surface area contributed by atoms with Crippen LogP contribution in [0.15, 0.2) is 67.0 Å². The number of rotatable bonds is 2. The summed E-state index contributed by atoms with van der Waals surface area (Å²) in [6, 6.07) is 16.1. The van der Waals surface area contributed by atoms with E-state index in [0.717, 1.165) is 16.7 Å². The molecule has 0 spiro atoms. The summed E-state index contributed by atoms with van der Waals surface area (Å²) in [4.78, 5) is 8.69. The van der Waals surface area contributed by atoms with Crippen molar-refractivity contribution < 1.29 is 4.39 Å². The van der Waals surface area contributed by atoms with Gasteiger partial charge in [0.25, 0.3) is 0 Å². The Balaban J connectivity index is 1.93. The Hall–Kier alpha value is -2.55. The van der Waals surface area contributed by atoms with Gasteiger partial charge in [-0.2, -0.15) is 0 Å². The molecule has 3 heteroatoms. The summed E-state index contributed by atoms with van der Waals surface area (Å²) in [7, 11) is 0. The van der Waals surface area contributed by atoms with Gasteiger partial charge in [-0.05, 0) is 17.7 Å². The Bertz CT molecular complexity index is 661. The SMILES string of the molecule is Fc1ccc(-c2cnc(-c3ccccc3)nc2)cc1. The van der Waals surface area contributed by atoms with Crippen LogP contribution in [0.4, 0.5) is 4.39 Å². The lowest BCUT2D eigenvalue weighted by Crippen LogP contribution is -1.89. The summed E-state index contributed by atoms with van der Waals surface area (Å²) in [5.41, 5.74) is 2.76. The van der Waals surface area contributed by atoms with Crippen molar-refractivity contribution >= 4 is 0 Å². The van der Waals surface area contributed by atoms with E-state index in [1.54, 1.807) is 24.5 Å². The summed E-state index contributed by atoms with van der Waals surface area (Å²) in [6.45, 7) is 0. The normalized spacial score (nSPS) is 10.4. The van der Waals surface area contributed by atoms with E-state index in [-0.39, 0.29) is 5.82 Å². The molecule has 0 aliphatic carbocycles. The van der Waals surface area contributed by atoms with Gasteiger partial charge in [0.15, 0.2) is 5.82 Å². The Morgan fingerprint density at radius 3 is 1.89 bits per heavy atom. The van der Waals surface area contributed by atoms with Gasteiger partial charge in [-0.25, -0.2) is 14.4 Å². The van der Waals surface area contributed by atoms with Crippen LogP contribution in [0, 0.1) is 5.82 Å². The number of halogens is 1. The number of benzene rings is 2. The van der Waals surface area contributed by atoms with E-state index in [0.29, 0.717) is 5.82 Å². The van der Waals surface area contributed by atoms with E-state index in [1.807, 2.05) is 30.3 Å². The lowest BCUT2D eigenvalue weighted by Gasteiger charge is -2.03. The summed E-state index contributed by atoms with van der Waals surface area (Å²) in [5.74, 6) is 0.442. The predicted octanol–water partition coefficient (Wildman–Crippen LogP) is 3.95. The molecule has 19 heavy (non-hydrogen) atoms. The van der Waals surface area contributed by atoms with E-state index >= 15 is 0 Å². The molecule has 0 amide bonds. The van der Waals surface area contributed by atoms with Crippen molar-refractivity contribution in [3.05, 3.63) is 72.8 Å². The largest absolute Gasteiger partial charge is 0.236 e. The van der Waals surface area contributed by atoms with Gasteiger partial charge in [0, 0.05) is 23.5 Å². The molecule has 0 bridgehead atoms. The van der Waals surface area contributed by atoms with Crippen LogP contribution in [0.3, 0.4) is 0 Å². The van der Waals surface area contributed by atoms with E-state index < -0.39 is 0 Å². The van der Waals surface area contributed by atoms with Crippen LogP contribution >= 0.6 is 0 Å². The molecule has 0 aliphatic rings. The van der Waals surface area contributed by atoms with E-state index in [9.17, 15) is 4.39 Å². The Morgan fingerprint density at radius 2 is 1.26 bits per heavy atom. The highest BCUT2D eigenvalue weighted by Crippen LogP contribution is 2.20. The third kappa shape index (κ3) is 2.50. The summed E-state index contributed by atoms with van der Waals surface area (Å²) in [5, 5.41) is 0. The molecule has 92 valence electrons. The summed E-state index contributed by atoms with van der Waals surface area (Å²) in [6.07, 6.45) is 3.51. The second-order valence-electron chi connectivity index (χ2n) is 4.17. The molecule has 1 aromatic heterocycles. The van der Waals surface area contributed by atoms with Gasteiger partial charge in [-0.15, -0.1) is 0 Å². The van der Waals surface area contributed by atoms with Gasteiger partial charge >= 0.3 is 0 Å². The molecule has 3 rings (SSSR count). The average Bonchev–Trinajstić information content (AvgIpc) is 2.49. The zero-order valence-corrected chi connectivity index (χ0v) is 10.1. The number of nitrogens with zero attached hydrogens (tertiary/aromatic N) is 2. The minimum atomic E-state index is -0.245. The highest BCUT2D eigenvalue weighted by Gasteiger charge is 2.02. The van der Waals surface area contributed by atoms with Gasteiger partial charge in [0.2, 0.25) is 0 Å². The lowest BCUT2D eigenvalue weighted by atomic mass is 10.1. The van der Waals surface area contributed by atoms with Gasteiger partial charge < -0.3 is 0 Å². The minimum Gasteiger partial charge on any atom is -0.236 e. The van der Waals surface area contributed by atoms with Crippen LogP contribution in [0.25, 0.3) is 22.5 Å². The molecule has 0 unspecified atom stereocenters. The first kappa shape index (κ1) is 11.5. The number of hydrogen-bond acceptors (Lipinski definition) is 2. The molecular formula is C16H11FN2. The maximum absolute atomic E-state index is 12.9. The highest BCUT2D eigenvalue weighted by molar-refractivity contribution is 5.63. The Morgan fingerprint density at radius 1 is 0.632 bits per heavy atom. The third-order valence-corrected chi connectivity index (χ3v) is 2.86. The first-order valence-electron chi connectivity index (χ1n) is 5.96. The van der Waals surface area contributed by atoms with Gasteiger partial charge in [0.1, 0.15) is 5.82 Å². The van der Waals surface area contributed by atoms with Gasteiger partial charge in [-0.3, -0.25) is 0 Å². The molecule has 3 aromatic rings. The zero-order chi connectivity index (χ0) is 13.1. The van der Waals surface area contributed by atoms with Crippen molar-refractivity contribution in [1.29, 1.82) is 0 Å². The maximum atomic E-state index is 12.9. The smallest absolute Gasteiger partial charge is 0.159 e. The molecule has 0 atom stereocenters. The fourth-order valence-corrected chi connectivity index (χ4v) is 1.86. The van der Waals surface area contributed by atoms with Crippen LogP contribution in [0.5, 0.6) is 0 Å². The fourth-order valence-electron chi connectivity index (χ4n) is 1.86. The molecule has 0 fully saturated rings. The Labute approximate surface area is 110 Å². The van der Waals surface area contributed by atoms with Gasteiger partial charge in [0.05, 0.1) is 0 Å². The fraction of sp³-hybridized carbons (Fsp3) is 0. The standard InChI is InChI=1S/C16H11FN2/c17-15-8-6-12(7-9-15)14-10-18-16(19-11-14)13-4-2-1-3-5-13/h1-11H. The van der Waals surface area contributed by atoms with Crippen molar-refractivity contribution in [2.24, 2.45) is 0 Å². The number of hydrogen-bond donors (Lipinski definition) is 0. The molecule has 0 saturated carbocycles. The lowest BCUT2D eigenvalue weighted by molar-refractivity contribution is 0.628. The second kappa shape index (κ2) is 4.98. The van der Waals surface area contributed by atoms with E-state index in [1.165, 1.54) is 12.1 Å². The topological polar surface area (TPSA) is 25.8 Å². The molecule has 2 aromatic carbocycles. The van der Waals surface area contributed by atoms with Crippen molar-refractivity contribution in [3.63, 3.8) is 0 Å². The molecule has 0 saturated heterocycles. The monoisotopic (exact) mass is 250 g/mol. The molecule has 0 N–H and O–H groups in total. The van der Waals surface area contributed by atoms with Gasteiger partial charge in [-0.1, -0.05) is 42.5 Å². The number of aromatic nitrogens is 2. The van der Waals surface area contributed by atoms with Crippen molar-refractivity contribution in [3.8, 4) is 22.5 Å². The minimum absolute atomic E-state index is 0.245. The van der Waals surface area contributed by atoms with Crippen LogP contribution < -0.4 is 0 Å². The first-order valence-corrected chi connectivity index (χ1v) is 5.96. The van der Waals surface area contributed by atoms with Crippen LogP contribution in [0.2, 0.25) is 0 Å². The van der Waals surface area contributed by atoms with Crippen molar-refractivity contribution in [1.82, 2.24) is 9.97 Å². The van der Waals surface area contributed by atoms with E-state index in [2.05, 4.69) is 9.97 Å². The quantitative estimate of drug-likeness (QED) is 0.688. The van der Waals surface area contributed by atoms with Crippen LogP contribution in [-0.2, 0) is 0 Å². The average molecular weight is 250 g/mol. The molecule has 0 radical (unpaired) electrons. The highest BCUT2D eigenvalue weighted by atomic mass is 19.1. The molecule has 0 aliphatic heterocycles. The maximum Gasteiger partial charge on any atom is 0.159 e. The molecule has 1 heterocycles. The Kier molecular flexibility index (Phi) is 3.02. The van der Waals surface area contributed by atoms with Crippen molar-refractivity contribution in [2.75, 3.05) is 0 Å². The van der Waals surface area contributed by atoms with Crippen LogP contribution in [0.1, 0.15) is 0 Å². The van der Waals surface area contributed by atoms with Crippen LogP contribution in [-0.4, -0.2) is 9.97 Å². The summed E-state index contributed by atoms with van der Waals surface area (Å²) < 4.78 is 12.9. The first-order chi connectivity index (χ1) is 9.33. The van der Waals surface area contributed by atoms with Crippen molar-refractivity contribution in [2.45, 2.75) is 0 Å². The molecular weight excluding hydrogens is 239 g/mol. The van der Waals surface area contributed by atoms with E-state index in [4.69, 9.17) is 0 Å². The predicted molar refractivity (Wildman–Crippen MR) is 72.9 cm³/mol.